The van der Waals surface area contributed by atoms with Gasteiger partial charge in [0.1, 0.15) is 5.82 Å². The Morgan fingerprint density at radius 3 is 2.28 bits per heavy atom. The highest BCUT2D eigenvalue weighted by Crippen LogP contribution is 2.30. The number of pyridine rings is 1. The van der Waals surface area contributed by atoms with Gasteiger partial charge >= 0.3 is 0 Å². The van der Waals surface area contributed by atoms with Crippen molar-refractivity contribution in [3.05, 3.63) is 90.0 Å². The first-order valence-corrected chi connectivity index (χ1v) is 9.85. The number of ether oxygens (including phenoxy) is 1. The first-order valence-electron chi connectivity index (χ1n) is 9.85. The summed E-state index contributed by atoms with van der Waals surface area (Å²) in [6, 6.07) is 17.5. The summed E-state index contributed by atoms with van der Waals surface area (Å²) < 4.78 is 18.6. The molecule has 1 aliphatic heterocycles. The average Bonchev–Trinajstić information content (AvgIpc) is 2.79. The summed E-state index contributed by atoms with van der Waals surface area (Å²) in [5, 5.41) is 3.20. The molecule has 29 heavy (non-hydrogen) atoms. The number of benzene rings is 2. The zero-order valence-corrected chi connectivity index (χ0v) is 16.1. The van der Waals surface area contributed by atoms with Gasteiger partial charge in [0.05, 0.1) is 6.04 Å². The van der Waals surface area contributed by atoms with E-state index in [4.69, 9.17) is 4.74 Å². The predicted octanol–water partition coefficient (Wildman–Crippen LogP) is 4.79. The van der Waals surface area contributed by atoms with Crippen molar-refractivity contribution in [2.75, 3.05) is 13.2 Å². The van der Waals surface area contributed by atoms with Crippen LogP contribution in [-0.2, 0) is 4.74 Å². The molecule has 2 aromatic carbocycles. The molecule has 5 heteroatoms. The standard InChI is InChI=1S/C24H23FN2O2/c25-22-9-7-18(8-10-22)17-3-5-20(6-4-17)24(28)27-23(19-11-14-29-15-12-19)21-2-1-13-26-16-21/h1-10,13,16,19,23H,11-12,14-15H2,(H,27,28). The normalized spacial score (nSPS) is 15.6. The van der Waals surface area contributed by atoms with Crippen LogP contribution in [0.1, 0.15) is 34.8 Å². The van der Waals surface area contributed by atoms with Crippen LogP contribution in [0.3, 0.4) is 0 Å². The second-order valence-corrected chi connectivity index (χ2v) is 7.27. The molecule has 4 nitrogen and oxygen atoms in total. The summed E-state index contributed by atoms with van der Waals surface area (Å²) in [5.74, 6) is -0.0642. The average molecular weight is 390 g/mol. The second-order valence-electron chi connectivity index (χ2n) is 7.27. The molecule has 0 bridgehead atoms. The molecule has 1 atom stereocenters. The van der Waals surface area contributed by atoms with E-state index in [0.29, 0.717) is 24.7 Å². The largest absolute Gasteiger partial charge is 0.381 e. The number of rotatable bonds is 5. The van der Waals surface area contributed by atoms with Crippen molar-refractivity contribution in [2.45, 2.75) is 18.9 Å². The zero-order valence-electron chi connectivity index (χ0n) is 16.1. The molecule has 1 N–H and O–H groups in total. The molecule has 2 heterocycles. The van der Waals surface area contributed by atoms with Gasteiger partial charge in [-0.1, -0.05) is 30.3 Å². The molecule has 0 saturated carbocycles. The Balaban J connectivity index is 1.52. The van der Waals surface area contributed by atoms with Crippen LogP contribution in [0.4, 0.5) is 4.39 Å². The Morgan fingerprint density at radius 1 is 1.00 bits per heavy atom. The highest BCUT2D eigenvalue weighted by atomic mass is 19.1. The lowest BCUT2D eigenvalue weighted by atomic mass is 9.87. The molecule has 0 spiro atoms. The van der Waals surface area contributed by atoms with Gasteiger partial charge in [0.15, 0.2) is 0 Å². The summed E-state index contributed by atoms with van der Waals surface area (Å²) in [6.07, 6.45) is 5.37. The molecule has 0 radical (unpaired) electrons. The third-order valence-corrected chi connectivity index (χ3v) is 5.39. The zero-order chi connectivity index (χ0) is 20.1. The van der Waals surface area contributed by atoms with E-state index in [1.807, 2.05) is 30.5 Å². The maximum atomic E-state index is 13.1. The number of halogens is 1. The molecule has 4 rings (SSSR count). The van der Waals surface area contributed by atoms with Gasteiger partial charge in [-0.25, -0.2) is 4.39 Å². The van der Waals surface area contributed by atoms with Gasteiger partial charge in [0, 0.05) is 31.2 Å². The van der Waals surface area contributed by atoms with Gasteiger partial charge in [-0.15, -0.1) is 0 Å². The van der Waals surface area contributed by atoms with Crippen molar-refractivity contribution in [3.8, 4) is 11.1 Å². The number of amides is 1. The minimum atomic E-state index is -0.265. The SMILES string of the molecule is O=C(NC(c1cccnc1)C1CCOCC1)c1ccc(-c2ccc(F)cc2)cc1. The lowest BCUT2D eigenvalue weighted by Crippen LogP contribution is -2.36. The van der Waals surface area contributed by atoms with Gasteiger partial charge < -0.3 is 10.1 Å². The predicted molar refractivity (Wildman–Crippen MR) is 110 cm³/mol. The maximum Gasteiger partial charge on any atom is 0.251 e. The fourth-order valence-corrected chi connectivity index (χ4v) is 3.76. The molecule has 1 aromatic heterocycles. The summed E-state index contributed by atoms with van der Waals surface area (Å²) in [6.45, 7) is 1.42. The number of carbonyl (C=O) groups is 1. The number of aromatic nitrogens is 1. The molecule has 0 aliphatic carbocycles. The summed E-state index contributed by atoms with van der Waals surface area (Å²) in [7, 11) is 0. The minimum Gasteiger partial charge on any atom is -0.381 e. The van der Waals surface area contributed by atoms with Crippen molar-refractivity contribution >= 4 is 5.91 Å². The first kappa shape index (κ1) is 19.3. The van der Waals surface area contributed by atoms with Gasteiger partial charge in [-0.05, 0) is 65.8 Å². The van der Waals surface area contributed by atoms with E-state index in [0.717, 1.165) is 29.5 Å². The summed E-state index contributed by atoms with van der Waals surface area (Å²) >= 11 is 0. The quantitative estimate of drug-likeness (QED) is 0.682. The Hall–Kier alpha value is -3.05. The van der Waals surface area contributed by atoms with E-state index in [1.165, 1.54) is 12.1 Å². The van der Waals surface area contributed by atoms with Crippen molar-refractivity contribution in [1.82, 2.24) is 10.3 Å². The molecule has 1 fully saturated rings. The topological polar surface area (TPSA) is 51.2 Å². The Bertz CT molecular complexity index is 937. The minimum absolute atomic E-state index is 0.100. The van der Waals surface area contributed by atoms with E-state index in [2.05, 4.69) is 10.3 Å². The van der Waals surface area contributed by atoms with E-state index < -0.39 is 0 Å². The first-order chi connectivity index (χ1) is 14.2. The molecule has 3 aromatic rings. The number of hydrogen-bond acceptors (Lipinski definition) is 3. The van der Waals surface area contributed by atoms with Crippen molar-refractivity contribution in [1.29, 1.82) is 0 Å². The molecule has 1 aliphatic rings. The van der Waals surface area contributed by atoms with E-state index in [1.54, 1.807) is 30.5 Å². The monoisotopic (exact) mass is 390 g/mol. The van der Waals surface area contributed by atoms with Gasteiger partial charge in [0.2, 0.25) is 0 Å². The fourth-order valence-electron chi connectivity index (χ4n) is 3.76. The highest BCUT2D eigenvalue weighted by molar-refractivity contribution is 5.95. The number of nitrogens with zero attached hydrogens (tertiary/aromatic N) is 1. The van der Waals surface area contributed by atoms with Gasteiger partial charge in [-0.2, -0.15) is 0 Å². The van der Waals surface area contributed by atoms with Crippen LogP contribution in [0.25, 0.3) is 11.1 Å². The van der Waals surface area contributed by atoms with Crippen LogP contribution in [0.5, 0.6) is 0 Å². The maximum absolute atomic E-state index is 13.1. The fraction of sp³-hybridized carbons (Fsp3) is 0.250. The van der Waals surface area contributed by atoms with Crippen LogP contribution in [0.2, 0.25) is 0 Å². The number of carbonyl (C=O) groups excluding carboxylic acids is 1. The van der Waals surface area contributed by atoms with Crippen molar-refractivity contribution < 1.29 is 13.9 Å². The van der Waals surface area contributed by atoms with Crippen LogP contribution in [0, 0.1) is 11.7 Å². The number of nitrogens with one attached hydrogen (secondary N) is 1. The molecule has 148 valence electrons. The lowest BCUT2D eigenvalue weighted by Gasteiger charge is -2.31. The Morgan fingerprint density at radius 2 is 1.66 bits per heavy atom. The summed E-state index contributed by atoms with van der Waals surface area (Å²) in [4.78, 5) is 17.2. The highest BCUT2D eigenvalue weighted by Gasteiger charge is 2.27. The molecule has 1 saturated heterocycles. The van der Waals surface area contributed by atoms with Crippen LogP contribution >= 0.6 is 0 Å². The van der Waals surface area contributed by atoms with E-state index in [9.17, 15) is 9.18 Å². The summed E-state index contributed by atoms with van der Waals surface area (Å²) in [5.41, 5.74) is 3.45. The molecular weight excluding hydrogens is 367 g/mol. The van der Waals surface area contributed by atoms with Crippen LogP contribution < -0.4 is 5.32 Å². The smallest absolute Gasteiger partial charge is 0.251 e. The molecule has 1 unspecified atom stereocenters. The van der Waals surface area contributed by atoms with E-state index in [-0.39, 0.29) is 17.8 Å². The third kappa shape index (κ3) is 4.69. The van der Waals surface area contributed by atoms with Gasteiger partial charge in [0.25, 0.3) is 5.91 Å². The Labute approximate surface area is 169 Å². The lowest BCUT2D eigenvalue weighted by molar-refractivity contribution is 0.0513. The van der Waals surface area contributed by atoms with Crippen molar-refractivity contribution in [3.63, 3.8) is 0 Å². The second kappa shape index (κ2) is 8.97. The van der Waals surface area contributed by atoms with Gasteiger partial charge in [-0.3, -0.25) is 9.78 Å². The molecule has 1 amide bonds. The van der Waals surface area contributed by atoms with Crippen LogP contribution in [0.15, 0.2) is 73.1 Å². The number of hydrogen-bond donors (Lipinski definition) is 1. The van der Waals surface area contributed by atoms with Crippen LogP contribution in [-0.4, -0.2) is 24.1 Å². The van der Waals surface area contributed by atoms with Crippen molar-refractivity contribution in [2.24, 2.45) is 5.92 Å². The van der Waals surface area contributed by atoms with E-state index >= 15 is 0 Å². The third-order valence-electron chi connectivity index (χ3n) is 5.39. The molecular formula is C24H23FN2O2. The Kier molecular flexibility index (Phi) is 5.96.